The maximum absolute atomic E-state index is 13.0. The van der Waals surface area contributed by atoms with Crippen LogP contribution in [0.2, 0.25) is 0 Å². The lowest BCUT2D eigenvalue weighted by Gasteiger charge is -2.40. The molecule has 9 heteroatoms. The number of hydrogen-bond acceptors (Lipinski definition) is 8. The molecule has 0 aromatic heterocycles. The number of unbranched alkanes of at least 4 members (excludes halogenated alkanes) is 33. The van der Waals surface area contributed by atoms with Crippen molar-refractivity contribution in [1.29, 1.82) is 0 Å². The predicted octanol–water partition coefficient (Wildman–Crippen LogP) is 12.2. The monoisotopic (exact) mass is 880 g/mol. The van der Waals surface area contributed by atoms with Crippen LogP contribution in [-0.4, -0.2) is 87.5 Å². The molecular formula is C53H101NO8. The third kappa shape index (κ3) is 33.2. The van der Waals surface area contributed by atoms with E-state index in [9.17, 15) is 30.3 Å². The summed E-state index contributed by atoms with van der Waals surface area (Å²) in [5.41, 5.74) is 0. The van der Waals surface area contributed by atoms with Crippen LogP contribution in [0.25, 0.3) is 0 Å². The average Bonchev–Trinajstić information content (AvgIpc) is 3.27. The van der Waals surface area contributed by atoms with Crippen molar-refractivity contribution in [1.82, 2.24) is 5.32 Å². The zero-order valence-corrected chi connectivity index (χ0v) is 40.4. The molecule has 1 amide bonds. The summed E-state index contributed by atoms with van der Waals surface area (Å²) in [7, 11) is 0. The Morgan fingerprint density at radius 1 is 0.532 bits per heavy atom. The fraction of sp³-hybridized carbons (Fsp3) is 0.906. The second kappa shape index (κ2) is 43.6. The van der Waals surface area contributed by atoms with Crippen LogP contribution in [0.3, 0.4) is 0 Å². The molecule has 6 N–H and O–H groups in total. The molecule has 1 heterocycles. The summed E-state index contributed by atoms with van der Waals surface area (Å²) in [6.07, 6.45) is 46.5. The van der Waals surface area contributed by atoms with Crippen LogP contribution in [0, 0.1) is 0 Å². The molecule has 7 unspecified atom stereocenters. The minimum atomic E-state index is -1.57. The molecular weight excluding hydrogens is 779 g/mol. The number of carbonyl (C=O) groups excluding carboxylic acids is 1. The van der Waals surface area contributed by atoms with E-state index in [0.717, 1.165) is 38.5 Å². The molecule has 0 aromatic rings. The number of aliphatic hydroxyl groups is 5. The van der Waals surface area contributed by atoms with Gasteiger partial charge in [-0.15, -0.1) is 0 Å². The molecule has 0 aliphatic carbocycles. The van der Waals surface area contributed by atoms with Crippen molar-refractivity contribution in [3.05, 3.63) is 24.3 Å². The molecule has 7 atom stereocenters. The summed E-state index contributed by atoms with van der Waals surface area (Å²) in [5.74, 6) is -0.179. The molecule has 0 spiro atoms. The minimum absolute atomic E-state index is 0.179. The van der Waals surface area contributed by atoms with Gasteiger partial charge in [0.05, 0.1) is 25.4 Å². The number of nitrogens with one attached hydrogen (secondary N) is 1. The number of amides is 1. The smallest absolute Gasteiger partial charge is 0.220 e. The summed E-state index contributed by atoms with van der Waals surface area (Å²) in [5, 5.41) is 54.4. The van der Waals surface area contributed by atoms with Crippen LogP contribution in [0.1, 0.15) is 251 Å². The van der Waals surface area contributed by atoms with Crippen molar-refractivity contribution in [3.8, 4) is 0 Å². The molecule has 9 nitrogen and oxygen atoms in total. The average molecular weight is 880 g/mol. The molecule has 1 fully saturated rings. The Balaban J connectivity index is 2.28. The number of hydrogen-bond donors (Lipinski definition) is 6. The molecule has 1 saturated heterocycles. The van der Waals surface area contributed by atoms with E-state index in [4.69, 9.17) is 9.47 Å². The van der Waals surface area contributed by atoms with Crippen LogP contribution in [0.4, 0.5) is 0 Å². The van der Waals surface area contributed by atoms with E-state index in [1.807, 2.05) is 6.08 Å². The van der Waals surface area contributed by atoms with Gasteiger partial charge in [0.1, 0.15) is 24.4 Å². The first-order valence-electron chi connectivity index (χ1n) is 26.6. The Morgan fingerprint density at radius 3 is 1.31 bits per heavy atom. The maximum atomic E-state index is 13.0. The summed E-state index contributed by atoms with van der Waals surface area (Å²) < 4.78 is 11.2. The zero-order chi connectivity index (χ0) is 45.1. The van der Waals surface area contributed by atoms with Crippen LogP contribution in [-0.2, 0) is 14.3 Å². The van der Waals surface area contributed by atoms with E-state index < -0.39 is 49.5 Å². The van der Waals surface area contributed by atoms with Crippen LogP contribution in [0.15, 0.2) is 24.3 Å². The van der Waals surface area contributed by atoms with E-state index in [-0.39, 0.29) is 12.5 Å². The zero-order valence-electron chi connectivity index (χ0n) is 40.4. The Labute approximate surface area is 381 Å². The topological polar surface area (TPSA) is 149 Å². The molecule has 0 radical (unpaired) electrons. The fourth-order valence-electron chi connectivity index (χ4n) is 8.51. The Morgan fingerprint density at radius 2 is 0.903 bits per heavy atom. The van der Waals surface area contributed by atoms with Crippen LogP contribution in [0.5, 0.6) is 0 Å². The van der Waals surface area contributed by atoms with Gasteiger partial charge in [-0.3, -0.25) is 4.79 Å². The first-order chi connectivity index (χ1) is 30.3. The molecule has 0 bridgehead atoms. The molecule has 0 saturated carbocycles. The first kappa shape index (κ1) is 58.7. The minimum Gasteiger partial charge on any atom is -0.394 e. The maximum Gasteiger partial charge on any atom is 0.220 e. The molecule has 1 aliphatic rings. The van der Waals surface area contributed by atoms with Gasteiger partial charge in [0.2, 0.25) is 5.91 Å². The summed E-state index contributed by atoms with van der Waals surface area (Å²) in [4.78, 5) is 13.0. The number of allylic oxidation sites excluding steroid dienone is 3. The first-order valence-corrected chi connectivity index (χ1v) is 26.6. The number of aliphatic hydroxyl groups excluding tert-OH is 5. The van der Waals surface area contributed by atoms with Crippen molar-refractivity contribution >= 4 is 5.91 Å². The van der Waals surface area contributed by atoms with Gasteiger partial charge in [0.25, 0.3) is 0 Å². The third-order valence-electron chi connectivity index (χ3n) is 12.8. The molecule has 1 rings (SSSR count). The van der Waals surface area contributed by atoms with Crippen molar-refractivity contribution in [2.24, 2.45) is 0 Å². The molecule has 0 aromatic carbocycles. The van der Waals surface area contributed by atoms with Crippen molar-refractivity contribution in [3.63, 3.8) is 0 Å². The Kier molecular flexibility index (Phi) is 41.2. The van der Waals surface area contributed by atoms with E-state index in [2.05, 4.69) is 31.3 Å². The number of rotatable bonds is 45. The van der Waals surface area contributed by atoms with Crippen LogP contribution < -0.4 is 5.32 Å². The lowest BCUT2D eigenvalue weighted by molar-refractivity contribution is -0.302. The predicted molar refractivity (Wildman–Crippen MR) is 258 cm³/mol. The SMILES string of the molecule is CCCCCCCCC/C=C\CCCCCCCCCC(=O)NC(COC1OC(CO)C(O)C(O)C1O)C(O)/C=C/CCCCCCCCCCCCCCCCCCCCC. The van der Waals surface area contributed by atoms with Gasteiger partial charge in [0, 0.05) is 6.42 Å². The lowest BCUT2D eigenvalue weighted by Crippen LogP contribution is -2.60. The second-order valence-electron chi connectivity index (χ2n) is 18.7. The van der Waals surface area contributed by atoms with Gasteiger partial charge in [-0.1, -0.05) is 224 Å². The van der Waals surface area contributed by atoms with Crippen molar-refractivity contribution < 1.29 is 39.8 Å². The third-order valence-corrected chi connectivity index (χ3v) is 12.8. The highest BCUT2D eigenvalue weighted by Crippen LogP contribution is 2.23. The standard InChI is InChI=1S/C53H101NO8/c1-3-5-7-9-11-13-15-17-19-21-23-24-25-26-28-30-32-34-36-38-40-42-47(56)46(45-61-53-52(60)51(59)50(58)48(44-55)62-53)54-49(57)43-41-39-37-35-33-31-29-27-22-20-18-16-14-12-10-8-6-4-2/h20,22,40,42,46-48,50-53,55-56,58-60H,3-19,21,23-39,41,43-45H2,1-2H3,(H,54,57)/b22-20-,42-40+. The molecule has 366 valence electrons. The lowest BCUT2D eigenvalue weighted by atomic mass is 9.99. The largest absolute Gasteiger partial charge is 0.394 e. The van der Waals surface area contributed by atoms with Crippen LogP contribution >= 0.6 is 0 Å². The Bertz CT molecular complexity index is 1020. The molecule has 62 heavy (non-hydrogen) atoms. The van der Waals surface area contributed by atoms with Gasteiger partial charge < -0.3 is 40.3 Å². The highest BCUT2D eigenvalue weighted by molar-refractivity contribution is 5.76. The van der Waals surface area contributed by atoms with Gasteiger partial charge in [-0.25, -0.2) is 0 Å². The fourth-order valence-corrected chi connectivity index (χ4v) is 8.51. The quantitative estimate of drug-likeness (QED) is 0.0262. The van der Waals surface area contributed by atoms with E-state index >= 15 is 0 Å². The normalized spacial score (nSPS) is 20.4. The highest BCUT2D eigenvalue weighted by atomic mass is 16.7. The van der Waals surface area contributed by atoms with Gasteiger partial charge in [-0.2, -0.15) is 0 Å². The van der Waals surface area contributed by atoms with E-state index in [0.29, 0.717) is 6.42 Å². The van der Waals surface area contributed by atoms with E-state index in [1.54, 1.807) is 6.08 Å². The summed E-state index contributed by atoms with van der Waals surface area (Å²) in [6.45, 7) is 3.80. The van der Waals surface area contributed by atoms with Gasteiger partial charge in [-0.05, 0) is 44.9 Å². The summed E-state index contributed by atoms with van der Waals surface area (Å²) in [6, 6.07) is -0.805. The highest BCUT2D eigenvalue weighted by Gasteiger charge is 2.44. The van der Waals surface area contributed by atoms with Gasteiger partial charge in [0.15, 0.2) is 6.29 Å². The van der Waals surface area contributed by atoms with Crippen molar-refractivity contribution in [2.75, 3.05) is 13.2 Å². The van der Waals surface area contributed by atoms with E-state index in [1.165, 1.54) is 193 Å². The van der Waals surface area contributed by atoms with Gasteiger partial charge >= 0.3 is 0 Å². The Hall–Kier alpha value is -1.33. The summed E-state index contributed by atoms with van der Waals surface area (Å²) >= 11 is 0. The second-order valence-corrected chi connectivity index (χ2v) is 18.7. The van der Waals surface area contributed by atoms with Crippen molar-refractivity contribution in [2.45, 2.75) is 294 Å². The number of ether oxygens (including phenoxy) is 2. The number of carbonyl (C=O) groups is 1. The molecule has 1 aliphatic heterocycles.